The number of anilines is 1. The summed E-state index contributed by atoms with van der Waals surface area (Å²) in [7, 11) is -0.240. The first-order valence-electron chi connectivity index (χ1n) is 10.9. The van der Waals surface area contributed by atoms with Crippen LogP contribution < -0.4 is 15.8 Å². The van der Waals surface area contributed by atoms with Crippen LogP contribution in [0.4, 0.5) is 18.9 Å². The Bertz CT molecular complexity index is 847. The zero-order chi connectivity index (χ0) is 25.2. The molecule has 2 aliphatic rings. The number of carbonyl (C=O) groups is 1. The van der Waals surface area contributed by atoms with Crippen LogP contribution in [-0.4, -0.2) is 55.8 Å². The highest BCUT2D eigenvalue weighted by Crippen LogP contribution is 2.38. The van der Waals surface area contributed by atoms with Gasteiger partial charge >= 0.3 is 20.4 Å². The molecule has 33 heavy (non-hydrogen) atoms. The maximum absolute atomic E-state index is 12.8. The van der Waals surface area contributed by atoms with Crippen LogP contribution in [0.2, 0.25) is 0 Å². The van der Waals surface area contributed by atoms with Gasteiger partial charge in [-0.1, -0.05) is 6.07 Å². The topological polar surface area (TPSA) is 57.2 Å². The van der Waals surface area contributed by atoms with Crippen molar-refractivity contribution in [3.63, 3.8) is 0 Å². The number of amides is 1. The molecule has 2 aliphatic heterocycles. The van der Waals surface area contributed by atoms with Gasteiger partial charge in [0.05, 0.1) is 22.4 Å². The van der Waals surface area contributed by atoms with E-state index in [0.29, 0.717) is 10.9 Å². The predicted octanol–water partition coefficient (Wildman–Crippen LogP) is 3.20. The lowest BCUT2D eigenvalue weighted by Crippen LogP contribution is -2.42. The summed E-state index contributed by atoms with van der Waals surface area (Å²) in [4.78, 5) is 13.3. The fraction of sp³-hybridized carbons (Fsp3) is 0.682. The fourth-order valence-electron chi connectivity index (χ4n) is 3.52. The molecule has 1 aromatic rings. The average molecular weight is 469 g/mol. The molecule has 2 heterocycles. The van der Waals surface area contributed by atoms with E-state index in [2.05, 4.69) is 0 Å². The van der Waals surface area contributed by atoms with Crippen molar-refractivity contribution in [3.05, 3.63) is 18.2 Å². The van der Waals surface area contributed by atoms with E-state index in [9.17, 15) is 18.0 Å². The zero-order valence-corrected chi connectivity index (χ0v) is 20.7. The maximum Gasteiger partial charge on any atom is 0.494 e. The van der Waals surface area contributed by atoms with Gasteiger partial charge in [0.25, 0.3) is 0 Å². The second-order valence-corrected chi connectivity index (χ2v) is 10.8. The Kier molecular flexibility index (Phi) is 6.32. The van der Waals surface area contributed by atoms with Gasteiger partial charge in [-0.3, -0.25) is 4.79 Å². The van der Waals surface area contributed by atoms with Crippen LogP contribution >= 0.6 is 0 Å². The van der Waals surface area contributed by atoms with E-state index >= 15 is 0 Å². The summed E-state index contributed by atoms with van der Waals surface area (Å²) in [5, 5.41) is 0. The number of benzene rings is 1. The Morgan fingerprint density at radius 2 is 1.12 bits per heavy atom. The third-order valence-electron chi connectivity index (χ3n) is 7.13. The second kappa shape index (κ2) is 8.00. The Morgan fingerprint density at radius 1 is 0.788 bits per heavy atom. The van der Waals surface area contributed by atoms with Gasteiger partial charge in [-0.05, 0) is 78.4 Å². The Hall–Kier alpha value is -1.55. The zero-order valence-electron chi connectivity index (χ0n) is 20.7. The first-order valence-corrected chi connectivity index (χ1v) is 10.9. The Labute approximate surface area is 194 Å². The molecule has 0 saturated carbocycles. The van der Waals surface area contributed by atoms with Crippen LogP contribution in [0.5, 0.6) is 0 Å². The molecule has 1 aromatic carbocycles. The van der Waals surface area contributed by atoms with Crippen molar-refractivity contribution in [1.82, 2.24) is 0 Å². The predicted molar refractivity (Wildman–Crippen MR) is 122 cm³/mol. The van der Waals surface area contributed by atoms with Crippen molar-refractivity contribution < 1.29 is 36.6 Å². The van der Waals surface area contributed by atoms with Gasteiger partial charge in [0, 0.05) is 12.7 Å². The smallest absolute Gasteiger partial charge is 0.399 e. The van der Waals surface area contributed by atoms with Gasteiger partial charge < -0.3 is 23.5 Å². The van der Waals surface area contributed by atoms with Crippen LogP contribution in [0.15, 0.2) is 18.2 Å². The van der Waals surface area contributed by atoms with Crippen LogP contribution in [0, 0.1) is 0 Å². The van der Waals surface area contributed by atoms with E-state index in [1.54, 1.807) is 18.2 Å². The van der Waals surface area contributed by atoms with Crippen LogP contribution in [0.3, 0.4) is 0 Å². The molecule has 0 bridgehead atoms. The lowest BCUT2D eigenvalue weighted by atomic mass is 9.71. The molecule has 0 unspecified atom stereocenters. The largest absolute Gasteiger partial charge is 0.494 e. The summed E-state index contributed by atoms with van der Waals surface area (Å²) in [6.45, 7) is 15.3. The molecule has 182 valence electrons. The van der Waals surface area contributed by atoms with E-state index in [0.717, 1.165) is 4.90 Å². The number of alkyl halides is 3. The van der Waals surface area contributed by atoms with Gasteiger partial charge in [-0.15, -0.1) is 0 Å². The van der Waals surface area contributed by atoms with Crippen LogP contribution in [0.25, 0.3) is 0 Å². The molecule has 2 fully saturated rings. The molecule has 1 amide bonds. The third-order valence-corrected chi connectivity index (χ3v) is 7.13. The molecule has 0 aliphatic carbocycles. The molecule has 6 nitrogen and oxygen atoms in total. The Balaban J connectivity index is 2.03. The van der Waals surface area contributed by atoms with Crippen molar-refractivity contribution >= 4 is 36.8 Å². The SMILES string of the molecule is CN(C(=O)CC(F)(F)F)c1cc(B2OC(C)(C)C(C)(C)O2)cc(B2OC(C)(C)C(C)(C)O2)c1. The number of nitrogens with zero attached hydrogens (tertiary/aromatic N) is 1. The van der Waals surface area contributed by atoms with Crippen molar-refractivity contribution in [2.24, 2.45) is 0 Å². The minimum atomic E-state index is -4.61. The molecule has 0 spiro atoms. The van der Waals surface area contributed by atoms with E-state index in [1.165, 1.54) is 7.05 Å². The molecule has 3 rings (SSSR count). The fourth-order valence-corrected chi connectivity index (χ4v) is 3.52. The first kappa shape index (κ1) is 26.1. The number of halogens is 3. The van der Waals surface area contributed by atoms with Gasteiger partial charge in [-0.25, -0.2) is 0 Å². The highest BCUT2D eigenvalue weighted by molar-refractivity contribution is 6.66. The summed E-state index contributed by atoms with van der Waals surface area (Å²) in [5.74, 6) is -1.08. The summed E-state index contributed by atoms with van der Waals surface area (Å²) in [6, 6.07) is 4.99. The van der Waals surface area contributed by atoms with E-state index < -0.39 is 55.1 Å². The minimum Gasteiger partial charge on any atom is -0.399 e. The van der Waals surface area contributed by atoms with E-state index in [4.69, 9.17) is 18.6 Å². The number of hydrogen-bond acceptors (Lipinski definition) is 5. The highest BCUT2D eigenvalue weighted by Gasteiger charge is 2.54. The summed E-state index contributed by atoms with van der Waals surface area (Å²) in [6.07, 6.45) is -6.17. The van der Waals surface area contributed by atoms with E-state index in [1.807, 2.05) is 55.4 Å². The molecular weight excluding hydrogens is 437 g/mol. The molecule has 0 N–H and O–H groups in total. The van der Waals surface area contributed by atoms with Gasteiger partial charge in [0.1, 0.15) is 6.42 Å². The maximum atomic E-state index is 12.8. The quantitative estimate of drug-likeness (QED) is 0.635. The summed E-state index contributed by atoms with van der Waals surface area (Å²) < 4.78 is 63.1. The lowest BCUT2D eigenvalue weighted by molar-refractivity contribution is -0.151. The molecule has 0 aromatic heterocycles. The second-order valence-electron chi connectivity index (χ2n) is 10.8. The lowest BCUT2D eigenvalue weighted by Gasteiger charge is -2.32. The van der Waals surface area contributed by atoms with Crippen molar-refractivity contribution in [3.8, 4) is 0 Å². The standard InChI is InChI=1S/C22H32B2F3NO5/c1-18(2)19(3,4)31-23(30-18)14-10-15(24-32-20(5,6)21(7,8)33-24)12-16(11-14)28(9)17(29)13-22(25,26)27/h10-12H,13H2,1-9H3. The normalized spacial score (nSPS) is 23.2. The van der Waals surface area contributed by atoms with Crippen molar-refractivity contribution in [1.29, 1.82) is 0 Å². The third kappa shape index (κ3) is 5.11. The summed E-state index contributed by atoms with van der Waals surface area (Å²) in [5.41, 5.74) is -1.08. The average Bonchev–Trinajstić information content (AvgIpc) is 2.99. The van der Waals surface area contributed by atoms with Crippen LogP contribution in [0.1, 0.15) is 61.8 Å². The monoisotopic (exact) mass is 469 g/mol. The molecule has 11 heteroatoms. The highest BCUT2D eigenvalue weighted by atomic mass is 19.4. The van der Waals surface area contributed by atoms with Gasteiger partial charge in [0.15, 0.2) is 0 Å². The van der Waals surface area contributed by atoms with Crippen molar-refractivity contribution in [2.45, 2.75) is 90.4 Å². The van der Waals surface area contributed by atoms with Gasteiger partial charge in [-0.2, -0.15) is 13.2 Å². The molecule has 2 saturated heterocycles. The first-order chi connectivity index (χ1) is 14.7. The molecule has 0 atom stereocenters. The number of carbonyl (C=O) groups excluding carboxylic acids is 1. The number of rotatable bonds is 4. The molecule has 0 radical (unpaired) electrons. The van der Waals surface area contributed by atoms with Crippen LogP contribution in [-0.2, 0) is 23.4 Å². The van der Waals surface area contributed by atoms with Crippen molar-refractivity contribution in [2.75, 3.05) is 11.9 Å². The van der Waals surface area contributed by atoms with E-state index in [-0.39, 0.29) is 5.69 Å². The van der Waals surface area contributed by atoms with Gasteiger partial charge in [0.2, 0.25) is 5.91 Å². The number of hydrogen-bond donors (Lipinski definition) is 0. The summed E-state index contributed by atoms with van der Waals surface area (Å²) >= 11 is 0. The molecular formula is C22H32B2F3NO5. The minimum absolute atomic E-state index is 0.265. The Morgan fingerprint density at radius 3 is 1.42 bits per heavy atom.